The van der Waals surface area contributed by atoms with E-state index in [2.05, 4.69) is 10.2 Å². The number of amidine groups is 1. The van der Waals surface area contributed by atoms with Crippen LogP contribution in [0.25, 0.3) is 11.1 Å². The van der Waals surface area contributed by atoms with Crippen molar-refractivity contribution in [3.63, 3.8) is 0 Å². The van der Waals surface area contributed by atoms with Crippen LogP contribution in [0.4, 0.5) is 0 Å². The molecule has 122 valence electrons. The molecule has 0 amide bonds. The van der Waals surface area contributed by atoms with E-state index in [1.807, 2.05) is 49.3 Å². The van der Waals surface area contributed by atoms with Crippen molar-refractivity contribution in [2.45, 2.75) is 0 Å². The lowest BCUT2D eigenvalue weighted by atomic mass is 10.0. The normalized spacial score (nSPS) is 13.9. The van der Waals surface area contributed by atoms with Gasteiger partial charge < -0.3 is 10.0 Å². The minimum absolute atomic E-state index is 0.287. The van der Waals surface area contributed by atoms with E-state index in [-0.39, 0.29) is 5.56 Å². The Labute approximate surface area is 144 Å². The lowest BCUT2D eigenvalue weighted by molar-refractivity contribution is 0.0697. The maximum atomic E-state index is 11.1. The number of nitrogens with zero attached hydrogens (tertiary/aromatic N) is 3. The van der Waals surface area contributed by atoms with Crippen LogP contribution in [-0.2, 0) is 0 Å². The molecule has 0 fully saturated rings. The molecule has 1 aliphatic heterocycles. The standard InChI is InChI=1S/C18H17N3O2S/c1-21(2)18-20-19-16(11-24-18)13-8-6-12(7-9-13)14-4-3-5-15(10-14)17(22)23/h3-10H,11H2,1-2H3,(H,22,23). The largest absolute Gasteiger partial charge is 0.478 e. The number of hydrogen-bond donors (Lipinski definition) is 1. The summed E-state index contributed by atoms with van der Waals surface area (Å²) in [5, 5.41) is 18.5. The van der Waals surface area contributed by atoms with Crippen LogP contribution in [0.2, 0.25) is 0 Å². The Morgan fingerprint density at radius 2 is 1.75 bits per heavy atom. The molecule has 1 N–H and O–H groups in total. The molecule has 2 aromatic rings. The fourth-order valence-corrected chi connectivity index (χ4v) is 3.19. The van der Waals surface area contributed by atoms with Gasteiger partial charge in [0.1, 0.15) is 0 Å². The highest BCUT2D eigenvalue weighted by molar-refractivity contribution is 8.14. The number of thioether (sulfide) groups is 1. The number of hydrogen-bond acceptors (Lipinski definition) is 5. The van der Waals surface area contributed by atoms with Gasteiger partial charge in [-0.25, -0.2) is 4.79 Å². The molecule has 6 heteroatoms. The van der Waals surface area contributed by atoms with Gasteiger partial charge in [-0.3, -0.25) is 0 Å². The molecule has 0 bridgehead atoms. The van der Waals surface area contributed by atoms with Crippen molar-refractivity contribution in [1.29, 1.82) is 0 Å². The van der Waals surface area contributed by atoms with Gasteiger partial charge in [-0.1, -0.05) is 48.2 Å². The molecule has 2 aromatic carbocycles. The maximum Gasteiger partial charge on any atom is 0.335 e. The van der Waals surface area contributed by atoms with Crippen LogP contribution in [0.1, 0.15) is 15.9 Å². The number of benzene rings is 2. The van der Waals surface area contributed by atoms with Gasteiger partial charge in [-0.2, -0.15) is 5.10 Å². The highest BCUT2D eigenvalue weighted by Crippen LogP contribution is 2.23. The quantitative estimate of drug-likeness (QED) is 0.930. The fourth-order valence-electron chi connectivity index (χ4n) is 2.34. The van der Waals surface area contributed by atoms with Crippen molar-refractivity contribution < 1.29 is 9.90 Å². The Kier molecular flexibility index (Phi) is 4.66. The molecular weight excluding hydrogens is 322 g/mol. The Morgan fingerprint density at radius 1 is 1.04 bits per heavy atom. The zero-order valence-electron chi connectivity index (χ0n) is 13.4. The van der Waals surface area contributed by atoms with E-state index in [0.29, 0.717) is 0 Å². The monoisotopic (exact) mass is 339 g/mol. The first-order valence-electron chi connectivity index (χ1n) is 7.43. The Bertz CT molecular complexity index is 826. The van der Waals surface area contributed by atoms with Crippen molar-refractivity contribution in [1.82, 2.24) is 4.90 Å². The van der Waals surface area contributed by atoms with Gasteiger partial charge in [0.15, 0.2) is 5.17 Å². The molecule has 0 radical (unpaired) electrons. The summed E-state index contributed by atoms with van der Waals surface area (Å²) >= 11 is 1.66. The first kappa shape index (κ1) is 16.3. The number of carboxylic acid groups (broad SMARTS) is 1. The molecule has 0 unspecified atom stereocenters. The van der Waals surface area contributed by atoms with Gasteiger partial charge in [0.05, 0.1) is 11.3 Å². The summed E-state index contributed by atoms with van der Waals surface area (Å²) in [4.78, 5) is 13.0. The molecule has 0 spiro atoms. The second-order valence-corrected chi connectivity index (χ2v) is 6.52. The van der Waals surface area contributed by atoms with Gasteiger partial charge in [-0.15, -0.1) is 5.10 Å². The van der Waals surface area contributed by atoms with E-state index in [1.54, 1.807) is 30.0 Å². The SMILES string of the molecule is CN(C)C1=NN=C(c2ccc(-c3cccc(C(=O)O)c3)cc2)CS1. The lowest BCUT2D eigenvalue weighted by Gasteiger charge is -2.17. The highest BCUT2D eigenvalue weighted by atomic mass is 32.2. The third kappa shape index (κ3) is 3.49. The number of carboxylic acids is 1. The van der Waals surface area contributed by atoms with E-state index < -0.39 is 5.97 Å². The predicted molar refractivity (Wildman–Crippen MR) is 99.0 cm³/mol. The van der Waals surface area contributed by atoms with Crippen LogP contribution in [0.5, 0.6) is 0 Å². The van der Waals surface area contributed by atoms with Crippen molar-refractivity contribution in [3.05, 3.63) is 59.7 Å². The van der Waals surface area contributed by atoms with Crippen LogP contribution < -0.4 is 0 Å². The molecule has 1 heterocycles. The third-order valence-electron chi connectivity index (χ3n) is 3.64. The summed E-state index contributed by atoms with van der Waals surface area (Å²) in [7, 11) is 3.90. The first-order valence-corrected chi connectivity index (χ1v) is 8.42. The molecule has 24 heavy (non-hydrogen) atoms. The number of rotatable bonds is 3. The van der Waals surface area contributed by atoms with E-state index in [1.165, 1.54) is 0 Å². The Hall–Kier alpha value is -2.60. The maximum absolute atomic E-state index is 11.1. The summed E-state index contributed by atoms with van der Waals surface area (Å²) in [6, 6.07) is 14.9. The van der Waals surface area contributed by atoms with Gasteiger partial charge in [0.2, 0.25) is 0 Å². The third-order valence-corrected chi connectivity index (χ3v) is 4.76. The molecule has 0 aromatic heterocycles. The Balaban J connectivity index is 1.84. The molecule has 0 saturated carbocycles. The fraction of sp³-hybridized carbons (Fsp3) is 0.167. The van der Waals surface area contributed by atoms with Crippen LogP contribution >= 0.6 is 11.8 Å². The topological polar surface area (TPSA) is 65.3 Å². The van der Waals surface area contributed by atoms with E-state index in [9.17, 15) is 4.79 Å². The average Bonchev–Trinajstić information content (AvgIpc) is 2.62. The summed E-state index contributed by atoms with van der Waals surface area (Å²) in [6.45, 7) is 0. The molecule has 0 saturated heterocycles. The van der Waals surface area contributed by atoms with Gasteiger partial charge in [0.25, 0.3) is 0 Å². The van der Waals surface area contributed by atoms with Gasteiger partial charge >= 0.3 is 5.97 Å². The molecule has 3 rings (SSSR count). The van der Waals surface area contributed by atoms with Crippen molar-refractivity contribution in [2.24, 2.45) is 10.2 Å². The zero-order valence-corrected chi connectivity index (χ0v) is 14.2. The van der Waals surface area contributed by atoms with Crippen molar-refractivity contribution in [3.8, 4) is 11.1 Å². The first-order chi connectivity index (χ1) is 11.5. The van der Waals surface area contributed by atoms with E-state index in [0.717, 1.165) is 33.3 Å². The molecule has 0 atom stereocenters. The Morgan fingerprint density at radius 3 is 2.33 bits per heavy atom. The lowest BCUT2D eigenvalue weighted by Crippen LogP contribution is -2.23. The minimum Gasteiger partial charge on any atom is -0.478 e. The van der Waals surface area contributed by atoms with Crippen molar-refractivity contribution in [2.75, 3.05) is 19.8 Å². The number of carbonyl (C=O) groups is 1. The van der Waals surface area contributed by atoms with Crippen LogP contribution in [0.3, 0.4) is 0 Å². The molecule has 5 nitrogen and oxygen atoms in total. The summed E-state index contributed by atoms with van der Waals surface area (Å²) < 4.78 is 0. The predicted octanol–water partition coefficient (Wildman–Crippen LogP) is 3.42. The van der Waals surface area contributed by atoms with Crippen LogP contribution in [0, 0.1) is 0 Å². The molecular formula is C18H17N3O2S. The van der Waals surface area contributed by atoms with E-state index >= 15 is 0 Å². The summed E-state index contributed by atoms with van der Waals surface area (Å²) in [5.74, 6) is -0.137. The average molecular weight is 339 g/mol. The van der Waals surface area contributed by atoms with Gasteiger partial charge in [-0.05, 0) is 28.8 Å². The zero-order chi connectivity index (χ0) is 17.1. The van der Waals surface area contributed by atoms with Crippen LogP contribution in [-0.4, -0.2) is 46.7 Å². The number of aromatic carboxylic acids is 1. The van der Waals surface area contributed by atoms with E-state index in [4.69, 9.17) is 5.11 Å². The second-order valence-electron chi connectivity index (χ2n) is 5.58. The summed E-state index contributed by atoms with van der Waals surface area (Å²) in [5.41, 5.74) is 4.12. The van der Waals surface area contributed by atoms with Crippen LogP contribution in [0.15, 0.2) is 58.7 Å². The van der Waals surface area contributed by atoms with Gasteiger partial charge in [0, 0.05) is 19.8 Å². The molecule has 0 aliphatic carbocycles. The van der Waals surface area contributed by atoms with Crippen molar-refractivity contribution >= 4 is 28.6 Å². The second kappa shape index (κ2) is 6.88. The smallest absolute Gasteiger partial charge is 0.335 e. The summed E-state index contributed by atoms with van der Waals surface area (Å²) in [6.07, 6.45) is 0. The highest BCUT2D eigenvalue weighted by Gasteiger charge is 2.14. The minimum atomic E-state index is -0.920. The molecule has 1 aliphatic rings.